The molecular weight excluding hydrogens is 574 g/mol. The number of esters is 2. The van der Waals surface area contributed by atoms with E-state index in [1.165, 1.54) is 5.56 Å². The summed E-state index contributed by atoms with van der Waals surface area (Å²) >= 11 is 0. The highest BCUT2D eigenvalue weighted by molar-refractivity contribution is 5.90. The van der Waals surface area contributed by atoms with Gasteiger partial charge in [-0.1, -0.05) is 30.3 Å². The molecule has 0 saturated heterocycles. The van der Waals surface area contributed by atoms with E-state index in [2.05, 4.69) is 17.4 Å². The molecule has 9 heteroatoms. The van der Waals surface area contributed by atoms with E-state index in [0.29, 0.717) is 56.3 Å². The second-order valence-corrected chi connectivity index (χ2v) is 10.3. The number of benzene rings is 3. The number of para-hydroxylation sites is 1. The third kappa shape index (κ3) is 13.8. The summed E-state index contributed by atoms with van der Waals surface area (Å²) in [6.45, 7) is 6.17. The lowest BCUT2D eigenvalue weighted by Crippen LogP contribution is -2.27. The number of ether oxygens (including phenoxy) is 5. The van der Waals surface area contributed by atoms with Crippen LogP contribution in [0.25, 0.3) is 0 Å². The standard InChI is InChI=1S/C36H45NO8/c1-3-41-35(39)15-10-22-37-34(38)27-30-26-29(36(40)42-4-2)18-21-33(30)45-25-11-12-28-16-19-32(20-17-28)44-24-9-8-23-43-31-13-6-5-7-14-31/h5-7,13-14,16-21,26H,3-4,8-12,15,22-25,27H2,1-2H3,(H,37,38). The van der Waals surface area contributed by atoms with Crippen molar-refractivity contribution in [2.75, 3.05) is 39.6 Å². The van der Waals surface area contributed by atoms with Crippen LogP contribution in [-0.2, 0) is 31.9 Å². The Balaban J connectivity index is 1.41. The summed E-state index contributed by atoms with van der Waals surface area (Å²) in [4.78, 5) is 36.4. The van der Waals surface area contributed by atoms with Gasteiger partial charge in [-0.3, -0.25) is 9.59 Å². The van der Waals surface area contributed by atoms with Gasteiger partial charge in [0.1, 0.15) is 17.2 Å². The van der Waals surface area contributed by atoms with Crippen molar-refractivity contribution in [3.05, 3.63) is 89.5 Å². The fourth-order valence-electron chi connectivity index (χ4n) is 4.44. The highest BCUT2D eigenvalue weighted by Crippen LogP contribution is 2.23. The first-order valence-corrected chi connectivity index (χ1v) is 15.7. The van der Waals surface area contributed by atoms with E-state index in [1.807, 2.05) is 42.5 Å². The Labute approximate surface area is 266 Å². The van der Waals surface area contributed by atoms with Gasteiger partial charge in [-0.05, 0) is 94.0 Å². The molecule has 0 spiro atoms. The predicted octanol–water partition coefficient (Wildman–Crippen LogP) is 6.11. The molecule has 0 bridgehead atoms. The predicted molar refractivity (Wildman–Crippen MR) is 172 cm³/mol. The highest BCUT2D eigenvalue weighted by atomic mass is 16.5. The van der Waals surface area contributed by atoms with E-state index in [4.69, 9.17) is 23.7 Å². The van der Waals surface area contributed by atoms with Gasteiger partial charge in [0.2, 0.25) is 5.91 Å². The van der Waals surface area contributed by atoms with Gasteiger partial charge in [-0.15, -0.1) is 0 Å². The molecule has 0 saturated carbocycles. The third-order valence-corrected chi connectivity index (χ3v) is 6.72. The van der Waals surface area contributed by atoms with Crippen molar-refractivity contribution in [3.63, 3.8) is 0 Å². The molecule has 0 heterocycles. The molecule has 45 heavy (non-hydrogen) atoms. The topological polar surface area (TPSA) is 109 Å². The quantitative estimate of drug-likeness (QED) is 0.112. The number of amides is 1. The molecule has 9 nitrogen and oxygen atoms in total. The number of carbonyl (C=O) groups is 3. The van der Waals surface area contributed by atoms with E-state index in [1.54, 1.807) is 32.0 Å². The van der Waals surface area contributed by atoms with E-state index in [0.717, 1.165) is 37.2 Å². The molecule has 0 aromatic heterocycles. The number of aryl methyl sites for hydroxylation is 1. The lowest BCUT2D eigenvalue weighted by molar-refractivity contribution is -0.143. The average Bonchev–Trinajstić information content (AvgIpc) is 3.05. The summed E-state index contributed by atoms with van der Waals surface area (Å²) in [6, 6.07) is 22.9. The molecule has 1 amide bonds. The maximum Gasteiger partial charge on any atom is 0.338 e. The summed E-state index contributed by atoms with van der Waals surface area (Å²) in [5.41, 5.74) is 2.12. The Morgan fingerprint density at radius 1 is 0.689 bits per heavy atom. The molecule has 0 aliphatic rings. The fourth-order valence-corrected chi connectivity index (χ4v) is 4.44. The van der Waals surface area contributed by atoms with Crippen LogP contribution in [0.3, 0.4) is 0 Å². The SMILES string of the molecule is CCOC(=O)CCCNC(=O)Cc1cc(C(=O)OCC)ccc1OCCCc1ccc(OCCCCOc2ccccc2)cc1. The van der Waals surface area contributed by atoms with E-state index in [9.17, 15) is 14.4 Å². The van der Waals surface area contributed by atoms with Crippen molar-refractivity contribution in [1.82, 2.24) is 5.32 Å². The summed E-state index contributed by atoms with van der Waals surface area (Å²) in [5, 5.41) is 2.82. The minimum absolute atomic E-state index is 0.0312. The Morgan fingerprint density at radius 3 is 2.04 bits per heavy atom. The first-order chi connectivity index (χ1) is 22.0. The highest BCUT2D eigenvalue weighted by Gasteiger charge is 2.15. The van der Waals surface area contributed by atoms with Gasteiger partial charge in [0.25, 0.3) is 0 Å². The van der Waals surface area contributed by atoms with Crippen molar-refractivity contribution < 1.29 is 38.1 Å². The van der Waals surface area contributed by atoms with Crippen LogP contribution < -0.4 is 19.5 Å². The molecule has 0 aliphatic carbocycles. The van der Waals surface area contributed by atoms with Gasteiger partial charge in [-0.25, -0.2) is 4.79 Å². The van der Waals surface area contributed by atoms with Gasteiger partial charge in [0.05, 0.1) is 45.0 Å². The fraction of sp³-hybridized carbons (Fsp3) is 0.417. The van der Waals surface area contributed by atoms with Crippen molar-refractivity contribution in [1.29, 1.82) is 0 Å². The smallest absolute Gasteiger partial charge is 0.338 e. The van der Waals surface area contributed by atoms with Crippen LogP contribution in [0.15, 0.2) is 72.8 Å². The van der Waals surface area contributed by atoms with E-state index < -0.39 is 5.97 Å². The zero-order valence-corrected chi connectivity index (χ0v) is 26.4. The van der Waals surface area contributed by atoms with Crippen LogP contribution >= 0.6 is 0 Å². The van der Waals surface area contributed by atoms with Gasteiger partial charge >= 0.3 is 11.9 Å². The Bertz CT molecular complexity index is 1310. The maximum absolute atomic E-state index is 12.6. The zero-order valence-electron chi connectivity index (χ0n) is 26.4. The normalized spacial score (nSPS) is 10.5. The van der Waals surface area contributed by atoms with Crippen molar-refractivity contribution in [3.8, 4) is 17.2 Å². The number of hydrogen-bond donors (Lipinski definition) is 1. The molecule has 0 aliphatic heterocycles. The Hall–Kier alpha value is -4.53. The minimum Gasteiger partial charge on any atom is -0.494 e. The average molecular weight is 620 g/mol. The van der Waals surface area contributed by atoms with Crippen LogP contribution in [0.4, 0.5) is 0 Å². The van der Waals surface area contributed by atoms with Gasteiger partial charge < -0.3 is 29.0 Å². The van der Waals surface area contributed by atoms with E-state index >= 15 is 0 Å². The van der Waals surface area contributed by atoms with Gasteiger partial charge in [-0.2, -0.15) is 0 Å². The molecule has 0 fully saturated rings. The zero-order chi connectivity index (χ0) is 32.1. The van der Waals surface area contributed by atoms with Crippen molar-refractivity contribution in [2.24, 2.45) is 0 Å². The molecular formula is C36H45NO8. The van der Waals surface area contributed by atoms with Gasteiger partial charge in [0, 0.05) is 18.5 Å². The number of nitrogens with one attached hydrogen (secondary N) is 1. The van der Waals surface area contributed by atoms with Crippen LogP contribution in [-0.4, -0.2) is 57.4 Å². The Morgan fingerprint density at radius 2 is 1.36 bits per heavy atom. The molecule has 3 aromatic carbocycles. The first-order valence-electron chi connectivity index (χ1n) is 15.7. The third-order valence-electron chi connectivity index (χ3n) is 6.72. The van der Waals surface area contributed by atoms with Crippen LogP contribution in [0, 0.1) is 0 Å². The molecule has 0 radical (unpaired) electrons. The largest absolute Gasteiger partial charge is 0.494 e. The molecule has 0 unspecified atom stereocenters. The molecule has 1 N–H and O–H groups in total. The second-order valence-electron chi connectivity index (χ2n) is 10.3. The summed E-state index contributed by atoms with van der Waals surface area (Å²) in [5.74, 6) is 1.30. The maximum atomic E-state index is 12.6. The van der Waals surface area contributed by atoms with Gasteiger partial charge in [0.15, 0.2) is 0 Å². The first kappa shape index (κ1) is 35.0. The minimum atomic E-state index is -0.454. The lowest BCUT2D eigenvalue weighted by Gasteiger charge is -2.14. The molecule has 242 valence electrons. The van der Waals surface area contributed by atoms with Crippen molar-refractivity contribution >= 4 is 17.8 Å². The Kier molecular flexibility index (Phi) is 15.9. The number of rotatable bonds is 21. The monoisotopic (exact) mass is 619 g/mol. The lowest BCUT2D eigenvalue weighted by atomic mass is 10.1. The molecule has 3 aromatic rings. The number of unbranched alkanes of at least 4 members (excludes halogenated alkanes) is 1. The molecule has 0 atom stereocenters. The van der Waals surface area contributed by atoms with Crippen molar-refractivity contribution in [2.45, 2.75) is 58.8 Å². The summed E-state index contributed by atoms with van der Waals surface area (Å²) < 4.78 is 27.7. The van der Waals surface area contributed by atoms with Crippen LogP contribution in [0.2, 0.25) is 0 Å². The summed E-state index contributed by atoms with van der Waals surface area (Å²) in [6.07, 6.45) is 4.16. The number of carbonyl (C=O) groups excluding carboxylic acids is 3. The van der Waals surface area contributed by atoms with Crippen LogP contribution in [0.1, 0.15) is 67.4 Å². The second kappa shape index (κ2) is 20.4. The van der Waals surface area contributed by atoms with Crippen LogP contribution in [0.5, 0.6) is 17.2 Å². The summed E-state index contributed by atoms with van der Waals surface area (Å²) in [7, 11) is 0. The number of hydrogen-bond acceptors (Lipinski definition) is 8. The van der Waals surface area contributed by atoms with E-state index in [-0.39, 0.29) is 31.3 Å². The molecule has 3 rings (SSSR count).